The number of carbonyl (C=O) groups is 3. The van der Waals surface area contributed by atoms with Crippen LogP contribution in [0.5, 0.6) is 0 Å². The number of unbranched alkanes of at least 4 members (excludes halogenated alkanes) is 24. The molecule has 0 aliphatic carbocycles. The molecule has 0 saturated heterocycles. The fraction of sp³-hybridized carbons (Fsp3) is 0.784. The van der Waals surface area contributed by atoms with Crippen LogP contribution in [-0.2, 0) is 19.1 Å². The van der Waals surface area contributed by atoms with Crippen LogP contribution in [0.15, 0.2) is 48.6 Å². The van der Waals surface area contributed by atoms with E-state index in [-0.39, 0.29) is 18.0 Å². The lowest BCUT2D eigenvalue weighted by molar-refractivity contribution is -0.147. The summed E-state index contributed by atoms with van der Waals surface area (Å²) >= 11 is 0. The predicted molar refractivity (Wildman–Crippen MR) is 248 cm³/mol. The van der Waals surface area contributed by atoms with Crippen molar-refractivity contribution in [2.75, 3.05) is 6.54 Å². The number of allylic oxidation sites excluding steroid dienone is 7. The molecule has 2 atom stereocenters. The van der Waals surface area contributed by atoms with Gasteiger partial charge in [-0.1, -0.05) is 178 Å². The molecule has 0 saturated carbocycles. The van der Waals surface area contributed by atoms with Crippen molar-refractivity contribution < 1.29 is 24.2 Å². The molecule has 58 heavy (non-hydrogen) atoms. The first-order valence-corrected chi connectivity index (χ1v) is 24.5. The summed E-state index contributed by atoms with van der Waals surface area (Å²) < 4.78 is 5.95. The molecule has 0 aromatic carbocycles. The van der Waals surface area contributed by atoms with E-state index in [1.54, 1.807) is 0 Å². The molecule has 336 valence electrons. The maximum atomic E-state index is 12.8. The lowest BCUT2D eigenvalue weighted by atomic mass is 10.0. The summed E-state index contributed by atoms with van der Waals surface area (Å²) in [6.45, 7) is 4.91. The van der Waals surface area contributed by atoms with Crippen molar-refractivity contribution >= 4 is 17.8 Å². The summed E-state index contributed by atoms with van der Waals surface area (Å²) in [5, 5.41) is 11.9. The van der Waals surface area contributed by atoms with E-state index in [1.807, 2.05) is 0 Å². The van der Waals surface area contributed by atoms with Crippen molar-refractivity contribution in [2.24, 2.45) is 5.73 Å². The van der Waals surface area contributed by atoms with Gasteiger partial charge in [0.2, 0.25) is 5.91 Å². The first kappa shape index (κ1) is 55.3. The average Bonchev–Trinajstić information content (AvgIpc) is 3.21. The van der Waals surface area contributed by atoms with E-state index in [2.05, 4.69) is 67.8 Å². The Hall–Kier alpha value is -2.67. The third kappa shape index (κ3) is 41.5. The topological polar surface area (TPSA) is 119 Å². The van der Waals surface area contributed by atoms with Gasteiger partial charge in [-0.05, 0) is 103 Å². The molecule has 0 bridgehead atoms. The van der Waals surface area contributed by atoms with Crippen LogP contribution in [0.25, 0.3) is 0 Å². The smallest absolute Gasteiger partial charge is 0.326 e. The van der Waals surface area contributed by atoms with Crippen LogP contribution in [0.3, 0.4) is 0 Å². The first-order valence-electron chi connectivity index (χ1n) is 24.5. The van der Waals surface area contributed by atoms with Gasteiger partial charge >= 0.3 is 11.9 Å². The van der Waals surface area contributed by atoms with Gasteiger partial charge in [-0.2, -0.15) is 0 Å². The minimum atomic E-state index is -1.01. The maximum Gasteiger partial charge on any atom is 0.326 e. The summed E-state index contributed by atoms with van der Waals surface area (Å²) in [6.07, 6.45) is 56.2. The number of esters is 1. The number of carboxylic acids is 1. The fourth-order valence-electron chi connectivity index (χ4n) is 7.14. The standard InChI is InChI=1S/C51H92N2O5/c1-3-5-7-9-11-13-14-15-16-17-18-19-20-21-22-23-24-25-26-27-29-35-39-45-50(55)58-47(41-36-32-28-12-10-8-6-4-2)42-37-33-30-31-34-38-44-49(54)53-48(51(56)57)43-40-46-52/h12,14-15,17-18,28,36,41,47-48H,3-11,13,16,19-27,29-35,37-40,42-46,52H2,1-2H3,(H,53,54)(H,56,57)/b15-14-,18-17-,28-12-,41-36-. The van der Waals surface area contributed by atoms with Gasteiger partial charge in [0.05, 0.1) is 0 Å². The molecule has 4 N–H and O–H groups in total. The molecular weight excluding hydrogens is 721 g/mol. The summed E-state index contributed by atoms with van der Waals surface area (Å²) in [6, 6.07) is -0.857. The Balaban J connectivity index is 4.11. The van der Waals surface area contributed by atoms with Crippen LogP contribution in [0.4, 0.5) is 0 Å². The zero-order chi connectivity index (χ0) is 42.4. The Morgan fingerprint density at radius 2 is 0.948 bits per heavy atom. The number of hydrogen-bond donors (Lipinski definition) is 3. The summed E-state index contributed by atoms with van der Waals surface area (Å²) in [5.74, 6) is -1.29. The molecule has 7 heteroatoms. The molecule has 7 nitrogen and oxygen atoms in total. The highest BCUT2D eigenvalue weighted by atomic mass is 16.5. The van der Waals surface area contributed by atoms with Gasteiger partial charge in [0, 0.05) is 12.8 Å². The Bertz CT molecular complexity index is 1050. The summed E-state index contributed by atoms with van der Waals surface area (Å²) in [5.41, 5.74) is 5.48. The highest BCUT2D eigenvalue weighted by molar-refractivity contribution is 5.83. The van der Waals surface area contributed by atoms with Gasteiger partial charge in [0.25, 0.3) is 0 Å². The second-order valence-electron chi connectivity index (χ2n) is 16.5. The number of ether oxygens (including phenoxy) is 1. The second kappa shape index (κ2) is 45.4. The van der Waals surface area contributed by atoms with Crippen LogP contribution in [-0.4, -0.2) is 41.6 Å². The number of nitrogens with two attached hydrogens (primary N) is 1. The average molecular weight is 813 g/mol. The molecule has 0 radical (unpaired) electrons. The zero-order valence-corrected chi connectivity index (χ0v) is 37.9. The molecule has 0 spiro atoms. The molecule has 0 aliphatic heterocycles. The van der Waals surface area contributed by atoms with E-state index in [4.69, 9.17) is 10.5 Å². The Morgan fingerprint density at radius 1 is 0.517 bits per heavy atom. The zero-order valence-electron chi connectivity index (χ0n) is 37.9. The number of amides is 1. The number of carbonyl (C=O) groups excluding carboxylic acids is 2. The lowest BCUT2D eigenvalue weighted by Gasteiger charge is -2.15. The number of hydrogen-bond acceptors (Lipinski definition) is 5. The van der Waals surface area contributed by atoms with Gasteiger partial charge in [-0.25, -0.2) is 4.79 Å². The van der Waals surface area contributed by atoms with Crippen molar-refractivity contribution in [3.63, 3.8) is 0 Å². The second-order valence-corrected chi connectivity index (χ2v) is 16.5. The minimum absolute atomic E-state index is 0.0768. The third-order valence-electron chi connectivity index (χ3n) is 10.9. The van der Waals surface area contributed by atoms with Crippen molar-refractivity contribution in [1.82, 2.24) is 5.32 Å². The van der Waals surface area contributed by atoms with Crippen molar-refractivity contribution in [3.05, 3.63) is 48.6 Å². The molecule has 0 fully saturated rings. The predicted octanol–water partition coefficient (Wildman–Crippen LogP) is 14.3. The maximum absolute atomic E-state index is 12.8. The Kier molecular flexibility index (Phi) is 43.3. The van der Waals surface area contributed by atoms with Gasteiger partial charge < -0.3 is 20.9 Å². The molecule has 0 aromatic heterocycles. The summed E-state index contributed by atoms with van der Waals surface area (Å²) in [4.78, 5) is 36.3. The van der Waals surface area contributed by atoms with Crippen LogP contribution in [0.1, 0.15) is 239 Å². The number of rotatable bonds is 44. The molecule has 0 aromatic rings. The van der Waals surface area contributed by atoms with E-state index in [0.717, 1.165) is 77.0 Å². The Labute approximate surface area is 358 Å². The molecule has 0 rings (SSSR count). The highest BCUT2D eigenvalue weighted by Gasteiger charge is 2.18. The van der Waals surface area contributed by atoms with Crippen molar-refractivity contribution in [1.29, 1.82) is 0 Å². The van der Waals surface area contributed by atoms with Crippen LogP contribution in [0, 0.1) is 0 Å². The molecule has 1 amide bonds. The van der Waals surface area contributed by atoms with Gasteiger partial charge in [-0.15, -0.1) is 0 Å². The van der Waals surface area contributed by atoms with Crippen LogP contribution >= 0.6 is 0 Å². The van der Waals surface area contributed by atoms with E-state index in [9.17, 15) is 19.5 Å². The van der Waals surface area contributed by atoms with Crippen LogP contribution < -0.4 is 11.1 Å². The normalized spacial score (nSPS) is 13.0. The molecule has 0 heterocycles. The largest absolute Gasteiger partial charge is 0.480 e. The number of carboxylic acid groups (broad SMARTS) is 1. The lowest BCUT2D eigenvalue weighted by Crippen LogP contribution is -2.40. The minimum Gasteiger partial charge on any atom is -0.480 e. The third-order valence-corrected chi connectivity index (χ3v) is 10.9. The van der Waals surface area contributed by atoms with Gasteiger partial charge in [-0.3, -0.25) is 9.59 Å². The molecule has 0 aliphatic rings. The SMILES string of the molecule is CCCCC/C=C\C/C=C\C(CCCCCCCCC(=O)NC(CCCN)C(=O)O)OC(=O)CCCCCCCCCCCCC/C=C\C/C=C\CCCCCCC. The van der Waals surface area contributed by atoms with Crippen molar-refractivity contribution in [2.45, 2.75) is 251 Å². The summed E-state index contributed by atoms with van der Waals surface area (Å²) in [7, 11) is 0. The number of nitrogens with one attached hydrogen (secondary N) is 1. The van der Waals surface area contributed by atoms with E-state index >= 15 is 0 Å². The fourth-order valence-corrected chi connectivity index (χ4v) is 7.14. The molecular formula is C51H92N2O5. The van der Waals surface area contributed by atoms with Crippen LogP contribution in [0.2, 0.25) is 0 Å². The first-order chi connectivity index (χ1) is 28.4. The van der Waals surface area contributed by atoms with E-state index in [0.29, 0.717) is 32.2 Å². The molecule has 2 unspecified atom stereocenters. The highest BCUT2D eigenvalue weighted by Crippen LogP contribution is 2.16. The Morgan fingerprint density at radius 3 is 1.47 bits per heavy atom. The van der Waals surface area contributed by atoms with Gasteiger partial charge in [0.1, 0.15) is 12.1 Å². The van der Waals surface area contributed by atoms with Crippen molar-refractivity contribution in [3.8, 4) is 0 Å². The number of aliphatic carboxylic acids is 1. The quantitative estimate of drug-likeness (QED) is 0.0320. The van der Waals surface area contributed by atoms with E-state index < -0.39 is 12.0 Å². The monoisotopic (exact) mass is 813 g/mol. The van der Waals surface area contributed by atoms with E-state index in [1.165, 1.54) is 122 Å². The van der Waals surface area contributed by atoms with Gasteiger partial charge in [0.15, 0.2) is 0 Å².